The molecule has 0 saturated heterocycles. The van der Waals surface area contributed by atoms with Gasteiger partial charge in [-0.15, -0.1) is 0 Å². The number of aromatic hydroxyl groups is 1. The Kier molecular flexibility index (Phi) is 5.23. The van der Waals surface area contributed by atoms with Crippen molar-refractivity contribution < 1.29 is 5.11 Å². The Morgan fingerprint density at radius 2 is 1.81 bits per heavy atom. The summed E-state index contributed by atoms with van der Waals surface area (Å²) >= 11 is 11.7. The van der Waals surface area contributed by atoms with Crippen molar-refractivity contribution >= 4 is 28.9 Å². The molecule has 0 spiro atoms. The van der Waals surface area contributed by atoms with E-state index >= 15 is 0 Å². The molecule has 1 aromatic carbocycles. The molecule has 1 atom stereocenters. The number of hydrogen-bond acceptors (Lipinski definition) is 2. The molecule has 0 radical (unpaired) electrons. The van der Waals surface area contributed by atoms with Gasteiger partial charge in [0.15, 0.2) is 5.75 Å². The Bertz CT molecular complexity index is 332. The zero-order chi connectivity index (χ0) is 12.1. The normalized spacial score (nSPS) is 12.5. The molecule has 2 N–H and O–H groups in total. The van der Waals surface area contributed by atoms with Crippen molar-refractivity contribution in [2.24, 2.45) is 0 Å². The first kappa shape index (κ1) is 13.5. The Morgan fingerprint density at radius 3 is 2.25 bits per heavy atom. The predicted octanol–water partition coefficient (Wildman–Crippen LogP) is 4.69. The molecular weight excluding hydrogens is 245 g/mol. The Balaban J connectivity index is 2.80. The van der Waals surface area contributed by atoms with Crippen LogP contribution in [0.4, 0.5) is 5.69 Å². The van der Waals surface area contributed by atoms with Crippen molar-refractivity contribution in [2.45, 2.75) is 39.2 Å². The van der Waals surface area contributed by atoms with Crippen LogP contribution in [-0.2, 0) is 0 Å². The number of benzene rings is 1. The fourth-order valence-corrected chi connectivity index (χ4v) is 2.10. The topological polar surface area (TPSA) is 32.3 Å². The standard InChI is InChI=1S/C12H17Cl2NO/c1-3-5-8(4-2)15-9-6-10(13)12(16)11(14)7-9/h6-8,15-16H,3-5H2,1-2H3. The van der Waals surface area contributed by atoms with Crippen LogP contribution in [0.2, 0.25) is 10.0 Å². The van der Waals surface area contributed by atoms with Gasteiger partial charge >= 0.3 is 0 Å². The van der Waals surface area contributed by atoms with Crippen LogP contribution in [0.5, 0.6) is 5.75 Å². The molecule has 0 saturated carbocycles. The highest BCUT2D eigenvalue weighted by Crippen LogP contribution is 2.35. The van der Waals surface area contributed by atoms with Crippen LogP contribution in [0.15, 0.2) is 12.1 Å². The van der Waals surface area contributed by atoms with Gasteiger partial charge in [-0.25, -0.2) is 0 Å². The van der Waals surface area contributed by atoms with E-state index in [1.165, 1.54) is 0 Å². The lowest BCUT2D eigenvalue weighted by atomic mass is 10.1. The maximum absolute atomic E-state index is 9.43. The highest BCUT2D eigenvalue weighted by Gasteiger charge is 2.09. The van der Waals surface area contributed by atoms with Gasteiger partial charge in [0.1, 0.15) is 0 Å². The number of phenols is 1. The lowest BCUT2D eigenvalue weighted by Crippen LogP contribution is -2.17. The second kappa shape index (κ2) is 6.21. The molecule has 2 nitrogen and oxygen atoms in total. The van der Waals surface area contributed by atoms with Gasteiger partial charge in [-0.2, -0.15) is 0 Å². The molecule has 1 aromatic rings. The third-order valence-electron chi connectivity index (χ3n) is 2.52. The van der Waals surface area contributed by atoms with E-state index in [9.17, 15) is 5.11 Å². The predicted molar refractivity (Wildman–Crippen MR) is 70.7 cm³/mol. The second-order valence-electron chi connectivity index (χ2n) is 3.83. The van der Waals surface area contributed by atoms with Crippen molar-refractivity contribution in [1.29, 1.82) is 0 Å². The first-order valence-electron chi connectivity index (χ1n) is 5.53. The summed E-state index contributed by atoms with van der Waals surface area (Å²) in [5.41, 5.74) is 0.855. The van der Waals surface area contributed by atoms with Crippen LogP contribution in [0.1, 0.15) is 33.1 Å². The SMILES string of the molecule is CCCC(CC)Nc1cc(Cl)c(O)c(Cl)c1. The third kappa shape index (κ3) is 3.46. The number of anilines is 1. The first-order valence-corrected chi connectivity index (χ1v) is 6.28. The van der Waals surface area contributed by atoms with Crippen molar-refractivity contribution in [3.8, 4) is 5.75 Å². The summed E-state index contributed by atoms with van der Waals surface area (Å²) in [5, 5.41) is 13.4. The summed E-state index contributed by atoms with van der Waals surface area (Å²) < 4.78 is 0. The van der Waals surface area contributed by atoms with E-state index in [0.29, 0.717) is 6.04 Å². The quantitative estimate of drug-likeness (QED) is 0.754. The maximum atomic E-state index is 9.43. The molecule has 16 heavy (non-hydrogen) atoms. The molecule has 1 rings (SSSR count). The largest absolute Gasteiger partial charge is 0.505 e. The van der Waals surface area contributed by atoms with Crippen molar-refractivity contribution in [3.63, 3.8) is 0 Å². The van der Waals surface area contributed by atoms with Crippen LogP contribution in [0.3, 0.4) is 0 Å². The lowest BCUT2D eigenvalue weighted by molar-refractivity contribution is 0.476. The number of nitrogens with one attached hydrogen (secondary N) is 1. The van der Waals surface area contributed by atoms with E-state index in [0.717, 1.165) is 24.9 Å². The summed E-state index contributed by atoms with van der Waals surface area (Å²) in [4.78, 5) is 0. The van der Waals surface area contributed by atoms with Crippen molar-refractivity contribution in [1.82, 2.24) is 0 Å². The van der Waals surface area contributed by atoms with Gasteiger partial charge in [-0.3, -0.25) is 0 Å². The maximum Gasteiger partial charge on any atom is 0.152 e. The van der Waals surface area contributed by atoms with Crippen LogP contribution < -0.4 is 5.32 Å². The number of phenolic OH excluding ortho intramolecular Hbond substituents is 1. The van der Waals surface area contributed by atoms with E-state index in [1.54, 1.807) is 12.1 Å². The first-order chi connectivity index (χ1) is 7.58. The smallest absolute Gasteiger partial charge is 0.152 e. The highest BCUT2D eigenvalue weighted by atomic mass is 35.5. The van der Waals surface area contributed by atoms with Gasteiger partial charge in [-0.1, -0.05) is 43.5 Å². The average molecular weight is 262 g/mol. The van der Waals surface area contributed by atoms with Crippen LogP contribution in [-0.4, -0.2) is 11.1 Å². The minimum Gasteiger partial charge on any atom is -0.505 e. The average Bonchev–Trinajstić information content (AvgIpc) is 2.25. The summed E-state index contributed by atoms with van der Waals surface area (Å²) in [5.74, 6) is -0.0579. The van der Waals surface area contributed by atoms with Gasteiger partial charge in [0, 0.05) is 11.7 Å². The Morgan fingerprint density at radius 1 is 1.25 bits per heavy atom. The zero-order valence-corrected chi connectivity index (χ0v) is 11.1. The van der Waals surface area contributed by atoms with E-state index in [4.69, 9.17) is 23.2 Å². The fraction of sp³-hybridized carbons (Fsp3) is 0.500. The molecule has 0 aliphatic carbocycles. The molecular formula is C12H17Cl2NO. The van der Waals surface area contributed by atoms with E-state index in [1.807, 2.05) is 0 Å². The van der Waals surface area contributed by atoms with Crippen LogP contribution in [0, 0.1) is 0 Å². The highest BCUT2D eigenvalue weighted by molar-refractivity contribution is 6.37. The third-order valence-corrected chi connectivity index (χ3v) is 3.09. The number of rotatable bonds is 5. The summed E-state index contributed by atoms with van der Waals surface area (Å²) in [6.45, 7) is 4.29. The monoisotopic (exact) mass is 261 g/mol. The van der Waals surface area contributed by atoms with Gasteiger partial charge in [0.2, 0.25) is 0 Å². The minimum absolute atomic E-state index is 0.0579. The number of hydrogen-bond donors (Lipinski definition) is 2. The van der Waals surface area contributed by atoms with Gasteiger partial charge in [0.05, 0.1) is 10.0 Å². The zero-order valence-electron chi connectivity index (χ0n) is 9.56. The van der Waals surface area contributed by atoms with Gasteiger partial charge < -0.3 is 10.4 Å². The molecule has 0 heterocycles. The fourth-order valence-electron chi connectivity index (χ4n) is 1.61. The molecule has 1 unspecified atom stereocenters. The Labute approximate surface area is 107 Å². The molecule has 90 valence electrons. The van der Waals surface area contributed by atoms with Crippen molar-refractivity contribution in [3.05, 3.63) is 22.2 Å². The van der Waals surface area contributed by atoms with E-state index in [-0.39, 0.29) is 15.8 Å². The molecule has 0 aliphatic rings. The van der Waals surface area contributed by atoms with Gasteiger partial charge in [0.25, 0.3) is 0 Å². The Hall–Kier alpha value is -0.600. The summed E-state index contributed by atoms with van der Waals surface area (Å²) in [6.07, 6.45) is 3.28. The molecule has 0 aliphatic heterocycles. The molecule has 0 aromatic heterocycles. The minimum atomic E-state index is -0.0579. The van der Waals surface area contributed by atoms with E-state index < -0.39 is 0 Å². The number of halogens is 2. The molecule has 0 bridgehead atoms. The molecule has 0 fully saturated rings. The second-order valence-corrected chi connectivity index (χ2v) is 4.64. The molecule has 0 amide bonds. The van der Waals surface area contributed by atoms with Crippen LogP contribution in [0.25, 0.3) is 0 Å². The lowest BCUT2D eigenvalue weighted by Gasteiger charge is -2.18. The van der Waals surface area contributed by atoms with E-state index in [2.05, 4.69) is 19.2 Å². The summed E-state index contributed by atoms with van der Waals surface area (Å²) in [7, 11) is 0. The molecule has 4 heteroatoms. The van der Waals surface area contributed by atoms with Gasteiger partial charge in [-0.05, 0) is 25.0 Å². The van der Waals surface area contributed by atoms with Crippen LogP contribution >= 0.6 is 23.2 Å². The summed E-state index contributed by atoms with van der Waals surface area (Å²) in [6, 6.07) is 3.81. The van der Waals surface area contributed by atoms with Crippen molar-refractivity contribution in [2.75, 3.05) is 5.32 Å².